The fourth-order valence-electron chi connectivity index (χ4n) is 2.89. The van der Waals surface area contributed by atoms with E-state index in [0.717, 1.165) is 10.0 Å². The van der Waals surface area contributed by atoms with Crippen molar-refractivity contribution in [1.29, 1.82) is 0 Å². The van der Waals surface area contributed by atoms with Crippen molar-refractivity contribution in [2.75, 3.05) is 13.1 Å². The first kappa shape index (κ1) is 15.9. The molecule has 4 nitrogen and oxygen atoms in total. The molecule has 3 rings (SSSR count). The van der Waals surface area contributed by atoms with Crippen molar-refractivity contribution >= 4 is 27.6 Å². The van der Waals surface area contributed by atoms with Gasteiger partial charge in [0.05, 0.1) is 5.56 Å². The number of halogens is 1. The third-order valence-electron chi connectivity index (χ3n) is 4.16. The van der Waals surface area contributed by atoms with E-state index in [-0.39, 0.29) is 17.6 Å². The van der Waals surface area contributed by atoms with Crippen molar-refractivity contribution in [2.24, 2.45) is 5.92 Å². The predicted molar refractivity (Wildman–Crippen MR) is 91.3 cm³/mol. The lowest BCUT2D eigenvalue weighted by Crippen LogP contribution is -2.40. The molecule has 0 saturated carbocycles. The minimum atomic E-state index is -0.0237. The molecule has 0 N–H and O–H groups in total. The molecule has 0 unspecified atom stereocenters. The van der Waals surface area contributed by atoms with Gasteiger partial charge in [-0.3, -0.25) is 14.6 Å². The summed E-state index contributed by atoms with van der Waals surface area (Å²) < 4.78 is 0.789. The zero-order valence-electron chi connectivity index (χ0n) is 12.6. The Morgan fingerprint density at radius 3 is 2.39 bits per heavy atom. The molecule has 2 aromatic rings. The number of piperidine rings is 1. The van der Waals surface area contributed by atoms with Crippen LogP contribution in [0, 0.1) is 5.92 Å². The molecule has 1 aliphatic rings. The molecule has 0 spiro atoms. The lowest BCUT2D eigenvalue weighted by atomic mass is 9.89. The summed E-state index contributed by atoms with van der Waals surface area (Å²) in [5.41, 5.74) is 1.33. The Balaban J connectivity index is 1.62. The van der Waals surface area contributed by atoms with Crippen molar-refractivity contribution < 1.29 is 9.59 Å². The number of carbonyl (C=O) groups excluding carboxylic acids is 2. The molecule has 0 atom stereocenters. The molecular formula is C18H17BrN2O2. The zero-order valence-corrected chi connectivity index (χ0v) is 14.2. The van der Waals surface area contributed by atoms with Gasteiger partial charge in [0.1, 0.15) is 0 Å². The summed E-state index contributed by atoms with van der Waals surface area (Å²) in [5, 5.41) is 0. The third-order valence-corrected chi connectivity index (χ3v) is 4.60. The molecule has 1 aromatic heterocycles. The van der Waals surface area contributed by atoms with Gasteiger partial charge in [-0.1, -0.05) is 30.3 Å². The summed E-state index contributed by atoms with van der Waals surface area (Å²) >= 11 is 3.33. The zero-order chi connectivity index (χ0) is 16.2. The molecule has 23 heavy (non-hydrogen) atoms. The number of hydrogen-bond acceptors (Lipinski definition) is 3. The smallest absolute Gasteiger partial charge is 0.255 e. The summed E-state index contributed by atoms with van der Waals surface area (Å²) in [7, 11) is 0. The maximum absolute atomic E-state index is 12.5. The Morgan fingerprint density at radius 2 is 1.74 bits per heavy atom. The topological polar surface area (TPSA) is 50.3 Å². The van der Waals surface area contributed by atoms with Crippen LogP contribution in [-0.4, -0.2) is 34.7 Å². The Labute approximate surface area is 143 Å². The van der Waals surface area contributed by atoms with Crippen molar-refractivity contribution in [3.05, 3.63) is 64.4 Å². The van der Waals surface area contributed by atoms with E-state index in [0.29, 0.717) is 31.5 Å². The Kier molecular flexibility index (Phi) is 4.86. The lowest BCUT2D eigenvalue weighted by molar-refractivity contribution is 0.0650. The van der Waals surface area contributed by atoms with E-state index in [1.165, 1.54) is 0 Å². The van der Waals surface area contributed by atoms with Crippen LogP contribution in [0.2, 0.25) is 0 Å². The summed E-state index contributed by atoms with van der Waals surface area (Å²) in [5.74, 6) is 0.160. The summed E-state index contributed by atoms with van der Waals surface area (Å²) in [4.78, 5) is 30.8. The minimum absolute atomic E-state index is 0.00193. The highest BCUT2D eigenvalue weighted by Crippen LogP contribution is 2.23. The molecule has 1 aliphatic heterocycles. The van der Waals surface area contributed by atoms with Crippen LogP contribution in [0.25, 0.3) is 0 Å². The number of nitrogens with zero attached hydrogens (tertiary/aromatic N) is 2. The highest BCUT2D eigenvalue weighted by Gasteiger charge is 2.28. The Bertz CT molecular complexity index is 710. The largest absolute Gasteiger partial charge is 0.339 e. The molecule has 0 radical (unpaired) electrons. The van der Waals surface area contributed by atoms with Gasteiger partial charge in [-0.15, -0.1) is 0 Å². The van der Waals surface area contributed by atoms with E-state index in [1.54, 1.807) is 23.4 Å². The molecule has 2 heterocycles. The number of Topliss-reactive ketones (excluding diaryl/α,β-unsaturated/α-hetero) is 1. The van der Waals surface area contributed by atoms with Gasteiger partial charge in [-0.2, -0.15) is 0 Å². The Hall–Kier alpha value is -2.01. The van der Waals surface area contributed by atoms with Gasteiger partial charge in [0, 0.05) is 41.4 Å². The standard InChI is InChI=1S/C18H17BrN2O2/c19-16-10-15(11-20-12-16)18(23)21-8-6-14(7-9-21)17(22)13-4-2-1-3-5-13/h1-5,10-12,14H,6-9H2. The summed E-state index contributed by atoms with van der Waals surface area (Å²) in [6.45, 7) is 1.21. The van der Waals surface area contributed by atoms with E-state index >= 15 is 0 Å². The van der Waals surface area contributed by atoms with E-state index in [2.05, 4.69) is 20.9 Å². The van der Waals surface area contributed by atoms with Gasteiger partial charge in [-0.25, -0.2) is 0 Å². The second-order valence-corrected chi connectivity index (χ2v) is 6.60. The van der Waals surface area contributed by atoms with Crippen LogP contribution in [-0.2, 0) is 0 Å². The SMILES string of the molecule is O=C(c1ccccc1)C1CCN(C(=O)c2cncc(Br)c2)CC1. The van der Waals surface area contributed by atoms with E-state index < -0.39 is 0 Å². The lowest BCUT2D eigenvalue weighted by Gasteiger charge is -2.31. The van der Waals surface area contributed by atoms with Gasteiger partial charge in [0.25, 0.3) is 5.91 Å². The second kappa shape index (κ2) is 7.04. The van der Waals surface area contributed by atoms with Gasteiger partial charge in [0.15, 0.2) is 5.78 Å². The fraction of sp³-hybridized carbons (Fsp3) is 0.278. The minimum Gasteiger partial charge on any atom is -0.339 e. The first-order valence-corrected chi connectivity index (χ1v) is 8.43. The molecular weight excluding hydrogens is 356 g/mol. The van der Waals surface area contributed by atoms with Crippen molar-refractivity contribution in [1.82, 2.24) is 9.88 Å². The Morgan fingerprint density at radius 1 is 1.04 bits per heavy atom. The van der Waals surface area contributed by atoms with E-state index in [4.69, 9.17) is 0 Å². The van der Waals surface area contributed by atoms with Gasteiger partial charge in [-0.05, 0) is 34.8 Å². The molecule has 0 bridgehead atoms. The number of likely N-dealkylation sites (tertiary alicyclic amines) is 1. The van der Waals surface area contributed by atoms with Crippen LogP contribution < -0.4 is 0 Å². The average Bonchev–Trinajstić information content (AvgIpc) is 2.61. The van der Waals surface area contributed by atoms with Crippen LogP contribution in [0.5, 0.6) is 0 Å². The average molecular weight is 373 g/mol. The van der Waals surface area contributed by atoms with Crippen LogP contribution >= 0.6 is 15.9 Å². The molecule has 118 valence electrons. The van der Waals surface area contributed by atoms with Gasteiger partial charge >= 0.3 is 0 Å². The molecule has 1 amide bonds. The molecule has 1 aromatic carbocycles. The molecule has 1 fully saturated rings. The normalized spacial score (nSPS) is 15.4. The summed E-state index contributed by atoms with van der Waals surface area (Å²) in [6.07, 6.45) is 4.65. The van der Waals surface area contributed by atoms with Crippen LogP contribution in [0.1, 0.15) is 33.6 Å². The third kappa shape index (κ3) is 3.67. The molecule has 5 heteroatoms. The second-order valence-electron chi connectivity index (χ2n) is 5.69. The number of ketones is 1. The molecule has 1 saturated heterocycles. The summed E-state index contributed by atoms with van der Waals surface area (Å²) in [6, 6.07) is 11.2. The van der Waals surface area contributed by atoms with Gasteiger partial charge < -0.3 is 4.90 Å². The maximum Gasteiger partial charge on any atom is 0.255 e. The number of pyridine rings is 1. The van der Waals surface area contributed by atoms with E-state index in [1.807, 2.05) is 30.3 Å². The number of aromatic nitrogens is 1. The van der Waals surface area contributed by atoms with Crippen LogP contribution in [0.3, 0.4) is 0 Å². The van der Waals surface area contributed by atoms with Crippen molar-refractivity contribution in [2.45, 2.75) is 12.8 Å². The van der Waals surface area contributed by atoms with Crippen molar-refractivity contribution in [3.8, 4) is 0 Å². The van der Waals surface area contributed by atoms with E-state index in [9.17, 15) is 9.59 Å². The van der Waals surface area contributed by atoms with Crippen molar-refractivity contribution in [3.63, 3.8) is 0 Å². The monoisotopic (exact) mass is 372 g/mol. The number of benzene rings is 1. The first-order chi connectivity index (χ1) is 11.1. The number of amides is 1. The number of hydrogen-bond donors (Lipinski definition) is 0. The molecule has 0 aliphatic carbocycles. The predicted octanol–water partition coefficient (Wildman–Crippen LogP) is 3.58. The van der Waals surface area contributed by atoms with Crippen LogP contribution in [0.15, 0.2) is 53.3 Å². The number of carbonyl (C=O) groups is 2. The first-order valence-electron chi connectivity index (χ1n) is 7.64. The fourth-order valence-corrected chi connectivity index (χ4v) is 3.26. The highest BCUT2D eigenvalue weighted by atomic mass is 79.9. The maximum atomic E-state index is 12.5. The van der Waals surface area contributed by atoms with Crippen LogP contribution in [0.4, 0.5) is 0 Å². The quantitative estimate of drug-likeness (QED) is 0.773. The number of rotatable bonds is 3. The highest BCUT2D eigenvalue weighted by molar-refractivity contribution is 9.10. The van der Waals surface area contributed by atoms with Gasteiger partial charge in [0.2, 0.25) is 0 Å².